The van der Waals surface area contributed by atoms with Crippen molar-refractivity contribution in [3.05, 3.63) is 23.5 Å². The zero-order valence-corrected chi connectivity index (χ0v) is 9.39. The molecular weight excluding hydrogens is 178 g/mol. The van der Waals surface area contributed by atoms with Crippen molar-refractivity contribution in [2.45, 2.75) is 27.2 Å². The summed E-state index contributed by atoms with van der Waals surface area (Å²) in [5.74, 6) is 0.787. The number of allylic oxidation sites excluding steroid dienone is 2. The quantitative estimate of drug-likeness (QED) is 0.541. The van der Waals surface area contributed by atoms with Gasteiger partial charge < -0.3 is 10.1 Å². The summed E-state index contributed by atoms with van der Waals surface area (Å²) in [5, 5.41) is 2.68. The lowest BCUT2D eigenvalue weighted by Gasteiger charge is -2.06. The summed E-state index contributed by atoms with van der Waals surface area (Å²) in [6.07, 6.45) is 4.93. The molecule has 0 aromatic heterocycles. The zero-order valence-electron chi connectivity index (χ0n) is 9.39. The van der Waals surface area contributed by atoms with Crippen LogP contribution in [-0.2, 0) is 9.53 Å². The van der Waals surface area contributed by atoms with E-state index in [1.807, 2.05) is 13.0 Å². The van der Waals surface area contributed by atoms with Gasteiger partial charge in [0.15, 0.2) is 0 Å². The molecule has 0 aromatic carbocycles. The molecule has 0 saturated heterocycles. The van der Waals surface area contributed by atoms with Crippen LogP contribution in [0, 0.1) is 0 Å². The van der Waals surface area contributed by atoms with Gasteiger partial charge in [0, 0.05) is 13.5 Å². The van der Waals surface area contributed by atoms with Gasteiger partial charge in [-0.1, -0.05) is 13.0 Å². The molecule has 1 N–H and O–H groups in total. The zero-order chi connectivity index (χ0) is 11.0. The Morgan fingerprint density at radius 3 is 2.43 bits per heavy atom. The lowest BCUT2D eigenvalue weighted by molar-refractivity contribution is -0.118. The number of carbonyl (C=O) groups excluding carboxylic acids is 1. The van der Waals surface area contributed by atoms with Gasteiger partial charge in [0.25, 0.3) is 0 Å². The highest BCUT2D eigenvalue weighted by Crippen LogP contribution is 2.09. The molecule has 80 valence electrons. The first-order chi connectivity index (χ1) is 6.61. The monoisotopic (exact) mass is 197 g/mol. The van der Waals surface area contributed by atoms with Gasteiger partial charge in [0.1, 0.15) is 5.76 Å². The van der Waals surface area contributed by atoms with Crippen LogP contribution < -0.4 is 5.32 Å². The fourth-order valence-electron chi connectivity index (χ4n) is 1.10. The normalized spacial score (nSPS) is 12.6. The molecule has 0 aromatic rings. The number of hydrogen-bond acceptors (Lipinski definition) is 2. The van der Waals surface area contributed by atoms with Gasteiger partial charge in [-0.15, -0.1) is 0 Å². The van der Waals surface area contributed by atoms with Crippen LogP contribution in [0.5, 0.6) is 0 Å². The molecule has 0 radical (unpaired) electrons. The summed E-state index contributed by atoms with van der Waals surface area (Å²) in [5.41, 5.74) is 1.10. The average molecular weight is 197 g/mol. The Bertz CT molecular complexity index is 242. The molecule has 0 aliphatic heterocycles. The first-order valence-corrected chi connectivity index (χ1v) is 4.77. The standard InChI is InChI=1S/C11H19NO2/c1-5-6-9(2)11(14-4)7-8-12-10(3)13/h6-7H,5,8H2,1-4H3,(H,12,13)/b9-6-,11-7+. The summed E-state index contributed by atoms with van der Waals surface area (Å²) < 4.78 is 5.19. The molecule has 0 spiro atoms. The maximum atomic E-state index is 10.6. The average Bonchev–Trinajstić information content (AvgIpc) is 2.12. The van der Waals surface area contributed by atoms with Crippen LogP contribution in [0.1, 0.15) is 27.2 Å². The summed E-state index contributed by atoms with van der Waals surface area (Å²) in [4.78, 5) is 10.6. The Morgan fingerprint density at radius 2 is 2.00 bits per heavy atom. The van der Waals surface area contributed by atoms with E-state index < -0.39 is 0 Å². The lowest BCUT2D eigenvalue weighted by atomic mass is 10.2. The molecule has 14 heavy (non-hydrogen) atoms. The van der Waals surface area contributed by atoms with Crippen molar-refractivity contribution in [1.29, 1.82) is 0 Å². The second-order valence-electron chi connectivity index (χ2n) is 3.00. The van der Waals surface area contributed by atoms with Crippen LogP contribution in [0.3, 0.4) is 0 Å². The van der Waals surface area contributed by atoms with Crippen molar-refractivity contribution in [1.82, 2.24) is 5.32 Å². The van der Waals surface area contributed by atoms with Crippen molar-refractivity contribution in [3.63, 3.8) is 0 Å². The number of hydrogen-bond donors (Lipinski definition) is 1. The number of nitrogens with one attached hydrogen (secondary N) is 1. The SMILES string of the molecule is CC/C=C(C)\C(=C/CNC(C)=O)OC. The van der Waals surface area contributed by atoms with Crippen LogP contribution in [0.2, 0.25) is 0 Å². The minimum atomic E-state index is -0.0335. The van der Waals surface area contributed by atoms with Gasteiger partial charge in [-0.25, -0.2) is 0 Å². The van der Waals surface area contributed by atoms with Gasteiger partial charge in [-0.2, -0.15) is 0 Å². The van der Waals surface area contributed by atoms with Gasteiger partial charge in [-0.05, 0) is 25.0 Å². The highest BCUT2D eigenvalue weighted by Gasteiger charge is 1.97. The van der Waals surface area contributed by atoms with Crippen molar-refractivity contribution < 1.29 is 9.53 Å². The highest BCUT2D eigenvalue weighted by atomic mass is 16.5. The number of ether oxygens (including phenoxy) is 1. The minimum absolute atomic E-state index is 0.0335. The molecular formula is C11H19NO2. The van der Waals surface area contributed by atoms with Crippen molar-refractivity contribution in [3.8, 4) is 0 Å². The molecule has 0 aliphatic rings. The third-order valence-electron chi connectivity index (χ3n) is 1.76. The summed E-state index contributed by atoms with van der Waals surface area (Å²) in [7, 11) is 1.63. The number of methoxy groups -OCH3 is 1. The van der Waals surface area contributed by atoms with E-state index in [9.17, 15) is 4.79 Å². The van der Waals surface area contributed by atoms with Crippen LogP contribution in [0.15, 0.2) is 23.5 Å². The molecule has 0 fully saturated rings. The largest absolute Gasteiger partial charge is 0.497 e. The molecule has 0 heterocycles. The fraction of sp³-hybridized carbons (Fsp3) is 0.545. The second kappa shape index (κ2) is 7.18. The van der Waals surface area contributed by atoms with Crippen LogP contribution >= 0.6 is 0 Å². The van der Waals surface area contributed by atoms with Gasteiger partial charge >= 0.3 is 0 Å². The van der Waals surface area contributed by atoms with Crippen LogP contribution in [0.4, 0.5) is 0 Å². The molecule has 0 rings (SSSR count). The molecule has 3 heteroatoms. The Balaban J connectivity index is 4.25. The fourth-order valence-corrected chi connectivity index (χ4v) is 1.10. The Kier molecular flexibility index (Phi) is 6.54. The molecule has 0 atom stereocenters. The minimum Gasteiger partial charge on any atom is -0.497 e. The molecule has 3 nitrogen and oxygen atoms in total. The van der Waals surface area contributed by atoms with Crippen LogP contribution in [0.25, 0.3) is 0 Å². The Morgan fingerprint density at radius 1 is 1.36 bits per heavy atom. The Hall–Kier alpha value is -1.25. The van der Waals surface area contributed by atoms with E-state index in [0.717, 1.165) is 17.8 Å². The van der Waals surface area contributed by atoms with Gasteiger partial charge in [0.05, 0.1) is 7.11 Å². The summed E-state index contributed by atoms with van der Waals surface area (Å²) >= 11 is 0. The van der Waals surface area contributed by atoms with Gasteiger partial charge in [0.2, 0.25) is 5.91 Å². The smallest absolute Gasteiger partial charge is 0.217 e. The van der Waals surface area contributed by atoms with E-state index in [4.69, 9.17) is 4.74 Å². The first kappa shape index (κ1) is 12.8. The van der Waals surface area contributed by atoms with E-state index in [1.165, 1.54) is 6.92 Å². The number of carbonyl (C=O) groups is 1. The van der Waals surface area contributed by atoms with E-state index in [1.54, 1.807) is 7.11 Å². The predicted octanol–water partition coefficient (Wildman–Crippen LogP) is 2.01. The maximum absolute atomic E-state index is 10.6. The number of amides is 1. The summed E-state index contributed by atoms with van der Waals surface area (Å²) in [6.45, 7) is 6.07. The van der Waals surface area contributed by atoms with E-state index in [-0.39, 0.29) is 5.91 Å². The Labute approximate surface area is 85.8 Å². The lowest BCUT2D eigenvalue weighted by Crippen LogP contribution is -2.19. The third kappa shape index (κ3) is 5.41. The van der Waals surface area contributed by atoms with Crippen molar-refractivity contribution >= 4 is 5.91 Å². The first-order valence-electron chi connectivity index (χ1n) is 4.77. The predicted molar refractivity (Wildman–Crippen MR) is 57.8 cm³/mol. The molecule has 1 amide bonds. The maximum Gasteiger partial charge on any atom is 0.217 e. The van der Waals surface area contributed by atoms with E-state index >= 15 is 0 Å². The van der Waals surface area contributed by atoms with Crippen molar-refractivity contribution in [2.24, 2.45) is 0 Å². The summed E-state index contributed by atoms with van der Waals surface area (Å²) in [6, 6.07) is 0. The second-order valence-corrected chi connectivity index (χ2v) is 3.00. The van der Waals surface area contributed by atoms with E-state index in [0.29, 0.717) is 6.54 Å². The van der Waals surface area contributed by atoms with Crippen LogP contribution in [-0.4, -0.2) is 19.6 Å². The van der Waals surface area contributed by atoms with Crippen molar-refractivity contribution in [2.75, 3.05) is 13.7 Å². The molecule has 0 aliphatic carbocycles. The molecule has 0 bridgehead atoms. The molecule has 0 unspecified atom stereocenters. The third-order valence-corrected chi connectivity index (χ3v) is 1.76. The van der Waals surface area contributed by atoms with Gasteiger partial charge in [-0.3, -0.25) is 4.79 Å². The van der Waals surface area contributed by atoms with E-state index in [2.05, 4.69) is 18.3 Å². The highest BCUT2D eigenvalue weighted by molar-refractivity contribution is 5.72. The number of rotatable bonds is 5. The topological polar surface area (TPSA) is 38.3 Å². The molecule has 0 saturated carbocycles.